The summed E-state index contributed by atoms with van der Waals surface area (Å²) in [4.78, 5) is 0. The zero-order valence-corrected chi connectivity index (χ0v) is 12.5. The van der Waals surface area contributed by atoms with Gasteiger partial charge in [0.25, 0.3) is 0 Å². The zero-order chi connectivity index (χ0) is 12.3. The van der Waals surface area contributed by atoms with Crippen LogP contribution in [0.1, 0.15) is 0 Å². The number of hydrogen-bond acceptors (Lipinski definition) is 1. The number of halogens is 2. The summed E-state index contributed by atoms with van der Waals surface area (Å²) in [5, 5.41) is 0. The van der Waals surface area contributed by atoms with Gasteiger partial charge in [0, 0.05) is 16.1 Å². The number of hydrogen-bond donors (Lipinski definition) is 0. The molecule has 0 heterocycles. The Labute approximate surface area is 119 Å². The predicted molar refractivity (Wildman–Crippen MR) is 80.3 cm³/mol. The van der Waals surface area contributed by atoms with E-state index in [1.54, 1.807) is 7.11 Å². The van der Waals surface area contributed by atoms with Gasteiger partial charge in [0.05, 0.1) is 0 Å². The van der Waals surface area contributed by atoms with Crippen molar-refractivity contribution in [3.8, 4) is 0 Å². The Morgan fingerprint density at radius 2 is 1.24 bits per heavy atom. The van der Waals surface area contributed by atoms with Crippen molar-refractivity contribution < 1.29 is 4.65 Å². The minimum absolute atomic E-state index is 0.0684. The first-order valence-electron chi connectivity index (χ1n) is 5.25. The summed E-state index contributed by atoms with van der Waals surface area (Å²) in [6.45, 7) is -0.0684. The quantitative estimate of drug-likeness (QED) is 0.771. The maximum Gasteiger partial charge on any atom is 0.363 e. The molecule has 0 unspecified atom stereocenters. The molecule has 0 saturated carbocycles. The van der Waals surface area contributed by atoms with Crippen molar-refractivity contribution in [1.82, 2.24) is 0 Å². The molecular formula is C13H11BBr2O. The van der Waals surface area contributed by atoms with Crippen molar-refractivity contribution in [3.05, 3.63) is 57.5 Å². The van der Waals surface area contributed by atoms with E-state index in [1.807, 2.05) is 36.4 Å². The Morgan fingerprint density at radius 3 is 1.59 bits per heavy atom. The highest BCUT2D eigenvalue weighted by Crippen LogP contribution is 2.11. The van der Waals surface area contributed by atoms with Crippen LogP contribution in [-0.2, 0) is 4.65 Å². The monoisotopic (exact) mass is 352 g/mol. The van der Waals surface area contributed by atoms with Gasteiger partial charge in [-0.15, -0.1) is 0 Å². The van der Waals surface area contributed by atoms with E-state index in [-0.39, 0.29) is 6.92 Å². The molecule has 0 bridgehead atoms. The van der Waals surface area contributed by atoms with Crippen LogP contribution in [-0.4, -0.2) is 14.0 Å². The normalized spacial score (nSPS) is 10.3. The molecule has 2 rings (SSSR count). The standard InChI is InChI=1S/C13H11BBr2O/c1-17-14(10-6-2-4-8-12(10)15)11-7-3-5-9-13(11)16/h2-9H,1H3. The highest BCUT2D eigenvalue weighted by molar-refractivity contribution is 9.11. The van der Waals surface area contributed by atoms with Gasteiger partial charge in [-0.1, -0.05) is 68.3 Å². The van der Waals surface area contributed by atoms with Crippen molar-refractivity contribution in [2.75, 3.05) is 7.11 Å². The summed E-state index contributed by atoms with van der Waals surface area (Å²) in [6.07, 6.45) is 0. The third-order valence-electron chi connectivity index (χ3n) is 2.61. The van der Waals surface area contributed by atoms with Crippen molar-refractivity contribution in [1.29, 1.82) is 0 Å². The summed E-state index contributed by atoms with van der Waals surface area (Å²) in [5.74, 6) is 0. The van der Waals surface area contributed by atoms with Gasteiger partial charge >= 0.3 is 6.92 Å². The lowest BCUT2D eigenvalue weighted by Gasteiger charge is -2.15. The lowest BCUT2D eigenvalue weighted by atomic mass is 9.55. The van der Waals surface area contributed by atoms with E-state index in [4.69, 9.17) is 4.65 Å². The molecular weight excluding hydrogens is 343 g/mol. The highest BCUT2D eigenvalue weighted by atomic mass is 79.9. The summed E-state index contributed by atoms with van der Waals surface area (Å²) >= 11 is 7.13. The van der Waals surface area contributed by atoms with Gasteiger partial charge in [0.2, 0.25) is 0 Å². The van der Waals surface area contributed by atoms with Crippen LogP contribution in [0.2, 0.25) is 0 Å². The molecule has 0 aliphatic carbocycles. The summed E-state index contributed by atoms with van der Waals surface area (Å²) in [5.41, 5.74) is 2.25. The molecule has 0 aliphatic heterocycles. The van der Waals surface area contributed by atoms with Crippen LogP contribution < -0.4 is 10.9 Å². The van der Waals surface area contributed by atoms with Gasteiger partial charge in [-0.3, -0.25) is 0 Å². The third kappa shape index (κ3) is 2.82. The van der Waals surface area contributed by atoms with Gasteiger partial charge < -0.3 is 4.65 Å². The minimum atomic E-state index is -0.0684. The largest absolute Gasteiger partial charge is 0.430 e. The van der Waals surface area contributed by atoms with Crippen LogP contribution >= 0.6 is 31.9 Å². The predicted octanol–water partition coefficient (Wildman–Crippen LogP) is 2.96. The topological polar surface area (TPSA) is 9.23 Å². The molecule has 2 aromatic rings. The Balaban J connectivity index is 2.48. The molecule has 0 amide bonds. The fraction of sp³-hybridized carbons (Fsp3) is 0.0769. The van der Waals surface area contributed by atoms with Gasteiger partial charge in [-0.05, 0) is 23.1 Å². The summed E-state index contributed by atoms with van der Waals surface area (Å²) in [6, 6.07) is 16.2. The smallest absolute Gasteiger partial charge is 0.363 e. The Morgan fingerprint density at radius 1 is 0.824 bits per heavy atom. The Kier molecular flexibility index (Phi) is 4.43. The van der Waals surface area contributed by atoms with E-state index in [0.29, 0.717) is 0 Å². The van der Waals surface area contributed by atoms with Crippen molar-refractivity contribution in [2.45, 2.75) is 0 Å². The second-order valence-electron chi connectivity index (χ2n) is 3.66. The van der Waals surface area contributed by atoms with Gasteiger partial charge in [0.1, 0.15) is 0 Å². The van der Waals surface area contributed by atoms with Crippen LogP contribution in [0.3, 0.4) is 0 Å². The maximum atomic E-state index is 5.62. The average molecular weight is 354 g/mol. The van der Waals surface area contributed by atoms with Crippen LogP contribution in [0, 0.1) is 0 Å². The second-order valence-corrected chi connectivity index (χ2v) is 5.37. The molecule has 0 radical (unpaired) electrons. The number of rotatable bonds is 3. The van der Waals surface area contributed by atoms with Crippen LogP contribution in [0.5, 0.6) is 0 Å². The van der Waals surface area contributed by atoms with Crippen molar-refractivity contribution >= 4 is 49.7 Å². The summed E-state index contributed by atoms with van der Waals surface area (Å²) in [7, 11) is 1.73. The van der Waals surface area contributed by atoms with Crippen LogP contribution in [0.15, 0.2) is 57.5 Å². The fourth-order valence-electron chi connectivity index (χ4n) is 1.80. The zero-order valence-electron chi connectivity index (χ0n) is 9.36. The first-order valence-corrected chi connectivity index (χ1v) is 6.84. The molecule has 0 N–H and O–H groups in total. The SMILES string of the molecule is COB(c1ccccc1Br)c1ccccc1Br. The lowest BCUT2D eigenvalue weighted by Crippen LogP contribution is -2.45. The second kappa shape index (κ2) is 5.85. The van der Waals surface area contributed by atoms with E-state index in [1.165, 1.54) is 0 Å². The molecule has 0 atom stereocenters. The van der Waals surface area contributed by atoms with Crippen LogP contribution in [0.25, 0.3) is 0 Å². The fourth-order valence-corrected chi connectivity index (χ4v) is 2.78. The molecule has 0 aromatic heterocycles. The molecule has 2 aromatic carbocycles. The van der Waals surface area contributed by atoms with Gasteiger partial charge in [-0.25, -0.2) is 0 Å². The van der Waals surface area contributed by atoms with Crippen LogP contribution in [0.4, 0.5) is 0 Å². The molecule has 1 nitrogen and oxygen atoms in total. The minimum Gasteiger partial charge on any atom is -0.430 e. The van der Waals surface area contributed by atoms with E-state index in [9.17, 15) is 0 Å². The van der Waals surface area contributed by atoms with E-state index >= 15 is 0 Å². The maximum absolute atomic E-state index is 5.62. The first kappa shape index (κ1) is 12.9. The van der Waals surface area contributed by atoms with Crippen molar-refractivity contribution in [3.63, 3.8) is 0 Å². The Bertz CT molecular complexity index is 471. The highest BCUT2D eigenvalue weighted by Gasteiger charge is 2.23. The molecule has 0 spiro atoms. The third-order valence-corrected chi connectivity index (χ3v) is 4.06. The number of benzene rings is 2. The molecule has 4 heteroatoms. The van der Waals surface area contributed by atoms with Crippen molar-refractivity contribution in [2.24, 2.45) is 0 Å². The average Bonchev–Trinajstić information content (AvgIpc) is 2.34. The molecule has 0 aliphatic rings. The van der Waals surface area contributed by atoms with Gasteiger partial charge in [-0.2, -0.15) is 0 Å². The molecule has 0 saturated heterocycles. The first-order chi connectivity index (χ1) is 8.24. The molecule has 17 heavy (non-hydrogen) atoms. The van der Waals surface area contributed by atoms with E-state index in [2.05, 4.69) is 44.0 Å². The molecule has 86 valence electrons. The lowest BCUT2D eigenvalue weighted by molar-refractivity contribution is 0.439. The summed E-state index contributed by atoms with van der Waals surface area (Å²) < 4.78 is 7.74. The van der Waals surface area contributed by atoms with Gasteiger partial charge in [0.15, 0.2) is 0 Å². The van der Waals surface area contributed by atoms with E-state index in [0.717, 1.165) is 19.9 Å². The van der Waals surface area contributed by atoms with E-state index < -0.39 is 0 Å². The molecule has 0 fully saturated rings. The Hall–Kier alpha value is -0.575.